The number of thiophene rings is 1. The molecular formula is C19H24N2O2S. The Hall–Kier alpha value is -1.85. The molecule has 1 fully saturated rings. The third-order valence-corrected chi connectivity index (χ3v) is 5.49. The maximum atomic E-state index is 12.8. The number of likely N-dealkylation sites (tertiary alicyclic amines) is 1. The van der Waals surface area contributed by atoms with E-state index in [1.165, 1.54) is 4.88 Å². The van der Waals surface area contributed by atoms with Gasteiger partial charge in [-0.2, -0.15) is 0 Å². The lowest BCUT2D eigenvalue weighted by Gasteiger charge is -2.42. The summed E-state index contributed by atoms with van der Waals surface area (Å²) in [7, 11) is 0. The first-order valence-electron chi connectivity index (χ1n) is 8.26. The maximum Gasteiger partial charge on any atom is 0.254 e. The Balaban J connectivity index is 1.68. The second-order valence-electron chi connectivity index (χ2n) is 7.01. The maximum absolute atomic E-state index is 12.8. The standard InChI is InChI=1S/C19H24N2O2S/c1-19(2)13-21(9-8-17(19)20)18(22)14-5-3-6-15(11-14)23-12-16-7-4-10-24-16/h3-7,10-11,17H,8-9,12-13,20H2,1-2H3. The van der Waals surface area contributed by atoms with E-state index in [9.17, 15) is 4.79 Å². The van der Waals surface area contributed by atoms with Crippen LogP contribution in [0.1, 0.15) is 35.5 Å². The zero-order chi connectivity index (χ0) is 17.2. The zero-order valence-corrected chi connectivity index (χ0v) is 15.0. The van der Waals surface area contributed by atoms with Crippen LogP contribution in [-0.2, 0) is 6.61 Å². The summed E-state index contributed by atoms with van der Waals surface area (Å²) in [4.78, 5) is 15.9. The Morgan fingerprint density at radius 2 is 2.21 bits per heavy atom. The average Bonchev–Trinajstić information content (AvgIpc) is 3.08. The van der Waals surface area contributed by atoms with Crippen molar-refractivity contribution < 1.29 is 9.53 Å². The highest BCUT2D eigenvalue weighted by molar-refractivity contribution is 7.09. The first kappa shape index (κ1) is 17.0. The highest BCUT2D eigenvalue weighted by Crippen LogP contribution is 2.29. The molecule has 4 nitrogen and oxygen atoms in total. The Morgan fingerprint density at radius 3 is 2.92 bits per heavy atom. The van der Waals surface area contributed by atoms with Gasteiger partial charge in [0, 0.05) is 29.6 Å². The minimum Gasteiger partial charge on any atom is -0.488 e. The van der Waals surface area contributed by atoms with Gasteiger partial charge in [0.1, 0.15) is 12.4 Å². The molecule has 1 unspecified atom stereocenters. The molecule has 2 N–H and O–H groups in total. The van der Waals surface area contributed by atoms with E-state index in [0.29, 0.717) is 25.3 Å². The molecule has 0 spiro atoms. The minimum absolute atomic E-state index is 0.0524. The van der Waals surface area contributed by atoms with Crippen LogP contribution >= 0.6 is 11.3 Å². The van der Waals surface area contributed by atoms with Gasteiger partial charge >= 0.3 is 0 Å². The molecule has 2 aromatic rings. The summed E-state index contributed by atoms with van der Waals surface area (Å²) < 4.78 is 5.81. The van der Waals surface area contributed by atoms with Crippen molar-refractivity contribution in [2.24, 2.45) is 11.1 Å². The van der Waals surface area contributed by atoms with Crippen molar-refractivity contribution >= 4 is 17.2 Å². The van der Waals surface area contributed by atoms with Gasteiger partial charge in [-0.25, -0.2) is 0 Å². The Morgan fingerprint density at radius 1 is 1.38 bits per heavy atom. The molecule has 1 amide bonds. The summed E-state index contributed by atoms with van der Waals surface area (Å²) in [6.45, 7) is 6.17. The molecule has 1 atom stereocenters. The SMILES string of the molecule is CC1(C)CN(C(=O)c2cccc(OCc3cccs3)c2)CCC1N. The Kier molecular flexibility index (Phi) is 4.92. The van der Waals surface area contributed by atoms with Gasteiger partial charge in [0.25, 0.3) is 5.91 Å². The normalized spacial score (nSPS) is 20.0. The molecule has 1 aromatic heterocycles. The number of hydrogen-bond acceptors (Lipinski definition) is 4. The van der Waals surface area contributed by atoms with Crippen molar-refractivity contribution in [1.82, 2.24) is 4.90 Å². The quantitative estimate of drug-likeness (QED) is 0.923. The number of piperidine rings is 1. The fraction of sp³-hybridized carbons (Fsp3) is 0.421. The summed E-state index contributed by atoms with van der Waals surface area (Å²) in [6.07, 6.45) is 0.841. The monoisotopic (exact) mass is 344 g/mol. The number of carbonyl (C=O) groups excluding carboxylic acids is 1. The van der Waals surface area contributed by atoms with Crippen molar-refractivity contribution in [2.45, 2.75) is 32.9 Å². The molecule has 1 aliphatic rings. The van der Waals surface area contributed by atoms with Gasteiger partial charge in [-0.3, -0.25) is 4.79 Å². The molecule has 128 valence electrons. The van der Waals surface area contributed by atoms with Crippen LogP contribution in [0.4, 0.5) is 0 Å². The first-order valence-corrected chi connectivity index (χ1v) is 9.14. The van der Waals surface area contributed by atoms with E-state index in [1.807, 2.05) is 46.7 Å². The largest absolute Gasteiger partial charge is 0.488 e. The number of ether oxygens (including phenoxy) is 1. The van der Waals surface area contributed by atoms with Crippen LogP contribution < -0.4 is 10.5 Å². The number of amides is 1. The van der Waals surface area contributed by atoms with Gasteiger partial charge in [-0.15, -0.1) is 11.3 Å². The van der Waals surface area contributed by atoms with E-state index >= 15 is 0 Å². The second kappa shape index (κ2) is 6.95. The lowest BCUT2D eigenvalue weighted by Crippen LogP contribution is -2.53. The summed E-state index contributed by atoms with van der Waals surface area (Å²) >= 11 is 1.66. The molecule has 3 rings (SSSR count). The van der Waals surface area contributed by atoms with Gasteiger partial charge in [0.15, 0.2) is 0 Å². The van der Waals surface area contributed by atoms with E-state index < -0.39 is 0 Å². The molecule has 0 radical (unpaired) electrons. The van der Waals surface area contributed by atoms with Crippen LogP contribution in [0.2, 0.25) is 0 Å². The number of benzene rings is 1. The van der Waals surface area contributed by atoms with E-state index in [1.54, 1.807) is 11.3 Å². The number of rotatable bonds is 4. The molecule has 5 heteroatoms. The zero-order valence-electron chi connectivity index (χ0n) is 14.2. The number of carbonyl (C=O) groups is 1. The molecule has 0 bridgehead atoms. The lowest BCUT2D eigenvalue weighted by molar-refractivity contribution is 0.0532. The molecule has 1 saturated heterocycles. The van der Waals surface area contributed by atoms with Crippen LogP contribution in [0.3, 0.4) is 0 Å². The molecular weight excluding hydrogens is 320 g/mol. The van der Waals surface area contributed by atoms with E-state index in [2.05, 4.69) is 13.8 Å². The lowest BCUT2D eigenvalue weighted by atomic mass is 9.79. The minimum atomic E-state index is -0.0544. The van der Waals surface area contributed by atoms with Gasteiger partial charge in [0.2, 0.25) is 0 Å². The van der Waals surface area contributed by atoms with Crippen LogP contribution in [0.25, 0.3) is 0 Å². The predicted molar refractivity (Wildman–Crippen MR) is 97.4 cm³/mol. The fourth-order valence-corrected chi connectivity index (χ4v) is 3.61. The van der Waals surface area contributed by atoms with Crippen molar-refractivity contribution in [1.29, 1.82) is 0 Å². The van der Waals surface area contributed by atoms with Crippen LogP contribution in [0, 0.1) is 5.41 Å². The predicted octanol–water partition coefficient (Wildman–Crippen LogP) is 3.53. The summed E-state index contributed by atoms with van der Waals surface area (Å²) in [5, 5.41) is 2.03. The second-order valence-corrected chi connectivity index (χ2v) is 8.04. The topological polar surface area (TPSA) is 55.6 Å². The number of nitrogens with two attached hydrogens (primary N) is 1. The summed E-state index contributed by atoms with van der Waals surface area (Å²) in [5.41, 5.74) is 6.78. The summed E-state index contributed by atoms with van der Waals surface area (Å²) in [5.74, 6) is 0.777. The molecule has 0 saturated carbocycles. The van der Waals surface area contributed by atoms with Gasteiger partial charge in [0.05, 0.1) is 0 Å². The van der Waals surface area contributed by atoms with Crippen molar-refractivity contribution in [3.8, 4) is 5.75 Å². The summed E-state index contributed by atoms with van der Waals surface area (Å²) in [6, 6.07) is 11.6. The highest BCUT2D eigenvalue weighted by Gasteiger charge is 2.35. The number of hydrogen-bond donors (Lipinski definition) is 1. The van der Waals surface area contributed by atoms with Crippen LogP contribution in [0.15, 0.2) is 41.8 Å². The molecule has 0 aliphatic carbocycles. The van der Waals surface area contributed by atoms with Crippen molar-refractivity contribution in [3.05, 3.63) is 52.2 Å². The Bertz CT molecular complexity index is 697. The van der Waals surface area contributed by atoms with E-state index in [4.69, 9.17) is 10.5 Å². The first-order chi connectivity index (χ1) is 11.5. The third kappa shape index (κ3) is 3.79. The van der Waals surface area contributed by atoms with Gasteiger partial charge in [-0.05, 0) is 41.5 Å². The van der Waals surface area contributed by atoms with E-state index in [-0.39, 0.29) is 17.4 Å². The third-order valence-electron chi connectivity index (χ3n) is 4.64. The molecule has 24 heavy (non-hydrogen) atoms. The van der Waals surface area contributed by atoms with Gasteiger partial charge in [-0.1, -0.05) is 26.0 Å². The number of nitrogens with zero attached hydrogens (tertiary/aromatic N) is 1. The molecule has 2 heterocycles. The van der Waals surface area contributed by atoms with E-state index in [0.717, 1.165) is 12.2 Å². The van der Waals surface area contributed by atoms with Crippen molar-refractivity contribution in [2.75, 3.05) is 13.1 Å². The van der Waals surface area contributed by atoms with Crippen molar-refractivity contribution in [3.63, 3.8) is 0 Å². The average molecular weight is 344 g/mol. The smallest absolute Gasteiger partial charge is 0.254 e. The van der Waals surface area contributed by atoms with Crippen LogP contribution in [0.5, 0.6) is 5.75 Å². The fourth-order valence-electron chi connectivity index (χ4n) is 3.00. The Labute approximate surface area is 147 Å². The molecule has 1 aromatic carbocycles. The molecule has 1 aliphatic heterocycles. The van der Waals surface area contributed by atoms with Gasteiger partial charge < -0.3 is 15.4 Å². The highest BCUT2D eigenvalue weighted by atomic mass is 32.1. The van der Waals surface area contributed by atoms with Crippen LogP contribution in [-0.4, -0.2) is 29.9 Å².